The van der Waals surface area contributed by atoms with Crippen LogP contribution in [0.5, 0.6) is 46.0 Å². The van der Waals surface area contributed by atoms with Gasteiger partial charge >= 0.3 is 18.1 Å². The molecule has 0 spiro atoms. The van der Waals surface area contributed by atoms with Crippen molar-refractivity contribution in [2.75, 3.05) is 225 Å². The number of amides is 6. The third kappa shape index (κ3) is 22.9. The van der Waals surface area contributed by atoms with Gasteiger partial charge in [-0.3, -0.25) is 4.90 Å². The third-order valence-corrected chi connectivity index (χ3v) is 22.2. The first-order valence-electron chi connectivity index (χ1n) is 39.4. The highest BCUT2D eigenvalue weighted by atomic mass is 35.5. The molecule has 8 aromatic carbocycles. The van der Waals surface area contributed by atoms with Crippen molar-refractivity contribution < 1.29 is 52.3 Å². The molecule has 6 heterocycles. The second-order valence-corrected chi connectivity index (χ2v) is 30.1. The van der Waals surface area contributed by atoms with Crippen molar-refractivity contribution in [1.82, 2.24) is 44.6 Å². The van der Waals surface area contributed by atoms with Crippen molar-refractivity contribution >= 4 is 162 Å². The van der Waals surface area contributed by atoms with Crippen LogP contribution in [0.1, 0.15) is 5.56 Å². The molecule has 3 aliphatic heterocycles. The maximum Gasteiger partial charge on any atom is 0.332 e. The van der Waals surface area contributed by atoms with Gasteiger partial charge in [0, 0.05) is 168 Å². The van der Waals surface area contributed by atoms with E-state index in [-0.39, 0.29) is 48.8 Å². The molecule has 0 atom stereocenters. The van der Waals surface area contributed by atoms with E-state index in [2.05, 4.69) is 143 Å². The van der Waals surface area contributed by atoms with Crippen LogP contribution in [-0.4, -0.2) is 226 Å². The average Bonchev–Trinajstić information content (AvgIpc) is 0.791. The average molecular weight is 1780 g/mol. The van der Waals surface area contributed by atoms with Gasteiger partial charge in [0.05, 0.1) is 85.3 Å². The van der Waals surface area contributed by atoms with Crippen molar-refractivity contribution in [3.05, 3.63) is 208 Å². The zero-order valence-electron chi connectivity index (χ0n) is 71.1. The standard InChI is InChI=1S/C32H35Cl2N7O5.C32H33N7O3.C25H29Cl2N7O3/c1-39-12-14-40(15-13-39)20-6-8-21(9-7-20)41(32(42)38-31-29(33)25(45-4)17-26(46-5)30(31)34)28-18-27(35-19-36-28)37-23-11-10-22(43-2)16-24(23)44-3;1-5-23-6-8-25(9-7-23)36-32(40)39(28-15-14-27(41-3)20-29(28)42-4)31-21-30(33-22-34-31)35-24-10-12-26(13-11-24)38-18-16-37(2)17-19-38;1-32-9-11-34(12-10-32)17-7-5-16(6-8-17)30-20-14-21(29-15-28-20)33(2)25(35)31-24-22(26)18(36-3)13-19(37-4)23(24)27/h6-11,16-19H,12-15H2,1-5H3,(H,38,42)(H,35,36,37);1,6-15,20-22H,16-19H2,2-4H3,(H,36,40)(H,33,34,35);5-8,13-15H,9-12H2,1-4H3,(H,31,35)(H,28,29,30). The summed E-state index contributed by atoms with van der Waals surface area (Å²) in [4.78, 5) is 85.3. The number of urea groups is 3. The number of halogens is 4. The number of nitrogens with one attached hydrogen (secondary N) is 6. The molecule has 0 radical (unpaired) electrons. The van der Waals surface area contributed by atoms with Crippen LogP contribution >= 0.6 is 46.4 Å². The minimum absolute atomic E-state index is 0.114. The van der Waals surface area contributed by atoms with Gasteiger partial charge in [0.1, 0.15) is 120 Å². The van der Waals surface area contributed by atoms with Gasteiger partial charge in [0.25, 0.3) is 0 Å². The number of nitrogens with zero attached hydrogens (tertiary/aromatic N) is 15. The first-order chi connectivity index (χ1) is 60.5. The molecule has 0 aliphatic carbocycles. The number of carbonyl (C=O) groups excluding carboxylic acids is 3. The Hall–Kier alpha value is -13.4. The molecular formula is C89H97Cl4N21O11. The number of rotatable bonds is 25. The summed E-state index contributed by atoms with van der Waals surface area (Å²) in [5.41, 5.74) is 8.39. The summed E-state index contributed by atoms with van der Waals surface area (Å²) in [5.74, 6) is 8.42. The van der Waals surface area contributed by atoms with E-state index in [0.29, 0.717) is 91.9 Å². The van der Waals surface area contributed by atoms with E-state index < -0.39 is 18.1 Å². The Morgan fingerprint density at radius 2 is 0.728 bits per heavy atom. The molecule has 6 N–H and O–H groups in total. The van der Waals surface area contributed by atoms with Crippen LogP contribution in [0, 0.1) is 12.3 Å². The lowest BCUT2D eigenvalue weighted by atomic mass is 10.2. The van der Waals surface area contributed by atoms with Crippen molar-refractivity contribution in [3.63, 3.8) is 0 Å². The maximum atomic E-state index is 14.2. The number of ether oxygens (including phenoxy) is 8. The molecule has 0 saturated carbocycles. The number of methoxy groups -OCH3 is 8. The molecule has 3 aliphatic rings. The second-order valence-electron chi connectivity index (χ2n) is 28.6. The number of likely N-dealkylation sites (N-methyl/N-ethyl adjacent to an activating group) is 3. The van der Waals surface area contributed by atoms with Crippen molar-refractivity contribution in [2.45, 2.75) is 0 Å². The Morgan fingerprint density at radius 1 is 0.368 bits per heavy atom. The van der Waals surface area contributed by atoms with Gasteiger partial charge in [-0.25, -0.2) is 54.1 Å². The van der Waals surface area contributed by atoms with E-state index in [0.717, 1.165) is 95.6 Å². The molecule has 32 nitrogen and oxygen atoms in total. The Morgan fingerprint density at radius 3 is 1.14 bits per heavy atom. The summed E-state index contributed by atoms with van der Waals surface area (Å²) >= 11 is 26.0. The summed E-state index contributed by atoms with van der Waals surface area (Å²) in [6.45, 7) is 12.0. The number of aromatic nitrogens is 6. The third-order valence-electron chi connectivity index (χ3n) is 20.7. The normalized spacial score (nSPS) is 13.3. The van der Waals surface area contributed by atoms with Crippen molar-refractivity contribution in [3.8, 4) is 58.3 Å². The van der Waals surface area contributed by atoms with Crippen molar-refractivity contribution in [2.24, 2.45) is 0 Å². The van der Waals surface area contributed by atoms with Gasteiger partial charge in [-0.05, 0) is 142 Å². The van der Waals surface area contributed by atoms with Gasteiger partial charge in [0.2, 0.25) is 0 Å². The maximum absolute atomic E-state index is 14.2. The molecule has 125 heavy (non-hydrogen) atoms. The SMILES string of the molecule is C#Cc1ccc(NC(=O)N(c2cc(Nc3ccc(N4CCN(C)CC4)cc3)ncn2)c2ccc(OC)cc2OC)cc1.COc1cc(OC)c(Cl)c(NC(=O)N(C)c2cc(Nc3ccc(N4CCN(C)CC4)cc3)ncn2)c1Cl.COc1ccc(Nc2cc(N(C(=O)Nc3c(Cl)c(OC)cc(OC)c3Cl)c3ccc(N4CCN(C)CC4)cc3)ncn2)c(OC)c1. The van der Waals surface area contributed by atoms with Gasteiger partial charge in [-0.15, -0.1) is 6.42 Å². The molecule has 14 rings (SSSR count). The van der Waals surface area contributed by atoms with Gasteiger partial charge in [-0.2, -0.15) is 0 Å². The Bertz CT molecular complexity index is 5520. The molecule has 3 fully saturated rings. The first-order valence-corrected chi connectivity index (χ1v) is 40.9. The number of benzene rings is 8. The van der Waals surface area contributed by atoms with Crippen LogP contribution in [-0.2, 0) is 0 Å². The highest BCUT2D eigenvalue weighted by Gasteiger charge is 2.30. The number of hydrogen-bond donors (Lipinski definition) is 6. The fourth-order valence-corrected chi connectivity index (χ4v) is 14.7. The van der Waals surface area contributed by atoms with E-state index in [1.54, 1.807) is 119 Å². The monoisotopic (exact) mass is 1780 g/mol. The summed E-state index contributed by atoms with van der Waals surface area (Å²) < 4.78 is 43.1. The molecule has 652 valence electrons. The van der Waals surface area contributed by atoms with Crippen LogP contribution in [0.25, 0.3) is 0 Å². The Kier molecular flexibility index (Phi) is 31.3. The molecular weight excluding hydrogens is 1680 g/mol. The topological polar surface area (TPSA) is 304 Å². The number of piperazine rings is 3. The van der Waals surface area contributed by atoms with Crippen LogP contribution in [0.4, 0.5) is 112 Å². The number of anilines is 17. The molecule has 3 saturated heterocycles. The first kappa shape index (κ1) is 90.8. The molecule has 0 bridgehead atoms. The fraction of sp³-hybridized carbons (Fsp3) is 0.270. The molecule has 6 amide bonds. The second kappa shape index (κ2) is 43.1. The summed E-state index contributed by atoms with van der Waals surface area (Å²) in [5, 5.41) is 18.8. The van der Waals surface area contributed by atoms with E-state index in [1.807, 2.05) is 48.5 Å². The van der Waals surface area contributed by atoms with Crippen molar-refractivity contribution in [1.29, 1.82) is 0 Å². The number of hydrogen-bond acceptors (Lipinski definition) is 26. The minimum Gasteiger partial charge on any atom is -0.497 e. The number of carbonyl (C=O) groups is 3. The van der Waals surface area contributed by atoms with E-state index in [9.17, 15) is 14.4 Å². The largest absolute Gasteiger partial charge is 0.497 e. The zero-order valence-corrected chi connectivity index (χ0v) is 74.1. The molecule has 11 aromatic rings. The number of terminal acetylenes is 1. The molecule has 3 aromatic heterocycles. The summed E-state index contributed by atoms with van der Waals surface area (Å²) in [6.07, 6.45) is 9.64. The van der Waals surface area contributed by atoms with E-state index >= 15 is 0 Å². The lowest BCUT2D eigenvalue weighted by molar-refractivity contribution is 0.257. The summed E-state index contributed by atoms with van der Waals surface area (Å²) in [6, 6.07) is 48.3. The highest BCUT2D eigenvalue weighted by Crippen LogP contribution is 2.47. The van der Waals surface area contributed by atoms with Gasteiger partial charge in [0.15, 0.2) is 0 Å². The van der Waals surface area contributed by atoms with Crippen LogP contribution < -0.4 is 99.2 Å². The Balaban J connectivity index is 0.000000172. The molecule has 0 unspecified atom stereocenters. The smallest absolute Gasteiger partial charge is 0.332 e. The summed E-state index contributed by atoms with van der Waals surface area (Å²) in [7, 11) is 20.1. The molecule has 36 heteroatoms. The lowest BCUT2D eigenvalue weighted by Gasteiger charge is -2.34. The highest BCUT2D eigenvalue weighted by molar-refractivity contribution is 6.42. The predicted molar refractivity (Wildman–Crippen MR) is 497 cm³/mol. The van der Waals surface area contributed by atoms with E-state index in [1.165, 1.54) is 80.6 Å². The minimum atomic E-state index is -0.585. The van der Waals surface area contributed by atoms with Crippen LogP contribution in [0.15, 0.2) is 183 Å². The fourth-order valence-electron chi connectivity index (χ4n) is 13.5. The van der Waals surface area contributed by atoms with E-state index in [4.69, 9.17) is 90.7 Å². The predicted octanol–water partition coefficient (Wildman–Crippen LogP) is 17.0. The lowest BCUT2D eigenvalue weighted by Crippen LogP contribution is -2.44. The van der Waals surface area contributed by atoms with Gasteiger partial charge < -0.3 is 99.2 Å². The van der Waals surface area contributed by atoms with Crippen LogP contribution in [0.3, 0.4) is 0 Å². The van der Waals surface area contributed by atoms with Crippen LogP contribution in [0.2, 0.25) is 20.1 Å². The zero-order chi connectivity index (χ0) is 88.8. The van der Waals surface area contributed by atoms with Gasteiger partial charge in [-0.1, -0.05) is 52.3 Å². The quantitative estimate of drug-likeness (QED) is 0.0290. The Labute approximate surface area is 746 Å².